The Morgan fingerprint density at radius 1 is 1.09 bits per heavy atom. The molecule has 1 aliphatic rings. The summed E-state index contributed by atoms with van der Waals surface area (Å²) in [5.74, 6) is -1.16. The molecule has 23 heavy (non-hydrogen) atoms. The number of alkyl carbamates (subject to hydrolysis) is 1. The lowest BCUT2D eigenvalue weighted by molar-refractivity contribution is -0.135. The Bertz CT molecular complexity index is 711. The quantitative estimate of drug-likeness (QED) is 0.910. The number of hydrogen-bond donors (Lipinski definition) is 2. The molecule has 0 bridgehead atoms. The van der Waals surface area contributed by atoms with Crippen molar-refractivity contribution in [2.24, 2.45) is 0 Å². The minimum atomic E-state index is -1.11. The molecular formula is C18H17NO4. The van der Waals surface area contributed by atoms with E-state index in [4.69, 9.17) is 9.84 Å². The zero-order valence-electron chi connectivity index (χ0n) is 12.7. The molecule has 0 saturated carbocycles. The van der Waals surface area contributed by atoms with Crippen LogP contribution in [0.3, 0.4) is 0 Å². The summed E-state index contributed by atoms with van der Waals surface area (Å²) in [5, 5.41) is 10.8. The van der Waals surface area contributed by atoms with Crippen molar-refractivity contribution in [3.05, 3.63) is 59.7 Å². The average molecular weight is 311 g/mol. The molecule has 0 saturated heterocycles. The molecule has 3 rings (SSSR count). The summed E-state index contributed by atoms with van der Waals surface area (Å²) in [6.07, 6.45) is -1.13. The fraction of sp³-hybridized carbons (Fsp3) is 0.222. The molecule has 0 heterocycles. The van der Waals surface area contributed by atoms with E-state index in [0.29, 0.717) is 0 Å². The lowest BCUT2D eigenvalue weighted by atomic mass is 9.92. The predicted octanol–water partition coefficient (Wildman–Crippen LogP) is 3.00. The van der Waals surface area contributed by atoms with E-state index >= 15 is 0 Å². The van der Waals surface area contributed by atoms with Gasteiger partial charge in [0, 0.05) is 5.92 Å². The van der Waals surface area contributed by atoms with Gasteiger partial charge in [-0.15, -0.1) is 0 Å². The number of rotatable bonds is 4. The number of ether oxygens (including phenoxy) is 1. The summed E-state index contributed by atoms with van der Waals surface area (Å²) < 4.78 is 5.39. The molecule has 0 aliphatic heterocycles. The topological polar surface area (TPSA) is 75.6 Å². The van der Waals surface area contributed by atoms with Gasteiger partial charge in [-0.3, -0.25) is 4.79 Å². The number of fused-ring (bicyclic) bond motifs is 3. The molecule has 118 valence electrons. The van der Waals surface area contributed by atoms with Gasteiger partial charge in [-0.25, -0.2) is 4.79 Å². The second-order valence-corrected chi connectivity index (χ2v) is 5.51. The molecule has 2 aromatic rings. The third kappa shape index (κ3) is 2.90. The van der Waals surface area contributed by atoms with E-state index in [-0.39, 0.29) is 5.92 Å². The Hall–Kier alpha value is -2.82. The maximum Gasteiger partial charge on any atom is 0.407 e. The molecule has 0 aromatic heterocycles. The normalized spacial score (nSPS) is 13.8. The molecule has 0 spiro atoms. The van der Waals surface area contributed by atoms with Crippen LogP contribution in [0, 0.1) is 0 Å². The summed E-state index contributed by atoms with van der Waals surface area (Å²) in [5.41, 5.74) is 4.53. The lowest BCUT2D eigenvalue weighted by Gasteiger charge is -2.22. The van der Waals surface area contributed by atoms with Crippen molar-refractivity contribution in [2.45, 2.75) is 18.9 Å². The van der Waals surface area contributed by atoms with E-state index in [1.54, 1.807) is 0 Å². The predicted molar refractivity (Wildman–Crippen MR) is 85.3 cm³/mol. The highest BCUT2D eigenvalue weighted by Gasteiger charge is 2.33. The van der Waals surface area contributed by atoms with Crippen LogP contribution >= 0.6 is 0 Å². The Kier molecular flexibility index (Phi) is 4.02. The molecule has 1 aliphatic carbocycles. The SMILES string of the molecule is C[C@H](OC(=O)NCC(=O)O)C1c2ccccc2-c2ccccc21. The minimum absolute atomic E-state index is 0.0574. The molecule has 1 amide bonds. The Morgan fingerprint density at radius 3 is 2.13 bits per heavy atom. The monoisotopic (exact) mass is 311 g/mol. The minimum Gasteiger partial charge on any atom is -0.480 e. The number of amides is 1. The van der Waals surface area contributed by atoms with E-state index in [9.17, 15) is 9.59 Å². The van der Waals surface area contributed by atoms with Gasteiger partial charge in [-0.1, -0.05) is 48.5 Å². The zero-order chi connectivity index (χ0) is 16.4. The first-order valence-electron chi connectivity index (χ1n) is 7.42. The summed E-state index contributed by atoms with van der Waals surface area (Å²) in [4.78, 5) is 22.2. The number of carbonyl (C=O) groups is 2. The maximum atomic E-state index is 11.7. The van der Waals surface area contributed by atoms with Gasteiger partial charge in [0.05, 0.1) is 0 Å². The van der Waals surface area contributed by atoms with Gasteiger partial charge in [0.1, 0.15) is 12.6 Å². The second kappa shape index (κ2) is 6.12. The standard InChI is InChI=1S/C18H17NO4/c1-11(23-18(22)19-10-16(20)21)17-14-8-4-2-6-12(14)13-7-3-5-9-15(13)17/h2-9,11,17H,10H2,1H3,(H,19,22)(H,20,21)/t11-/m0/s1. The summed E-state index contributed by atoms with van der Waals surface area (Å²) >= 11 is 0. The first kappa shape index (κ1) is 15.1. The van der Waals surface area contributed by atoms with Crippen molar-refractivity contribution in [3.8, 4) is 11.1 Å². The molecule has 0 fully saturated rings. The van der Waals surface area contributed by atoms with Crippen LogP contribution in [0.5, 0.6) is 0 Å². The van der Waals surface area contributed by atoms with Gasteiger partial charge in [-0.05, 0) is 29.2 Å². The van der Waals surface area contributed by atoms with E-state index in [0.717, 1.165) is 22.3 Å². The lowest BCUT2D eigenvalue weighted by Crippen LogP contribution is -2.33. The molecule has 1 atom stereocenters. The molecule has 2 N–H and O–H groups in total. The smallest absolute Gasteiger partial charge is 0.407 e. The molecule has 0 radical (unpaired) electrons. The number of benzene rings is 2. The summed E-state index contributed by atoms with van der Waals surface area (Å²) in [7, 11) is 0. The van der Waals surface area contributed by atoms with Crippen molar-refractivity contribution in [1.82, 2.24) is 5.32 Å². The fourth-order valence-corrected chi connectivity index (χ4v) is 3.13. The maximum absolute atomic E-state index is 11.7. The number of carboxylic acids is 1. The van der Waals surface area contributed by atoms with E-state index in [2.05, 4.69) is 17.4 Å². The van der Waals surface area contributed by atoms with Crippen molar-refractivity contribution >= 4 is 12.1 Å². The number of hydrogen-bond acceptors (Lipinski definition) is 3. The van der Waals surface area contributed by atoms with E-state index in [1.807, 2.05) is 43.3 Å². The average Bonchev–Trinajstić information content (AvgIpc) is 2.87. The van der Waals surface area contributed by atoms with Crippen molar-refractivity contribution in [2.75, 3.05) is 6.54 Å². The number of carboxylic acid groups (broad SMARTS) is 1. The van der Waals surface area contributed by atoms with Crippen LogP contribution < -0.4 is 5.32 Å². The molecular weight excluding hydrogens is 294 g/mol. The third-order valence-electron chi connectivity index (χ3n) is 4.03. The van der Waals surface area contributed by atoms with E-state index in [1.165, 1.54) is 0 Å². The first-order valence-corrected chi connectivity index (χ1v) is 7.42. The molecule has 5 heteroatoms. The second-order valence-electron chi connectivity index (χ2n) is 5.51. The molecule has 2 aromatic carbocycles. The summed E-state index contributed by atoms with van der Waals surface area (Å²) in [6, 6.07) is 16.1. The largest absolute Gasteiger partial charge is 0.480 e. The van der Waals surface area contributed by atoms with Crippen molar-refractivity contribution in [1.29, 1.82) is 0 Å². The van der Waals surface area contributed by atoms with Crippen molar-refractivity contribution in [3.63, 3.8) is 0 Å². The van der Waals surface area contributed by atoms with Crippen LogP contribution in [0.4, 0.5) is 4.79 Å². The molecule has 0 unspecified atom stereocenters. The van der Waals surface area contributed by atoms with Crippen LogP contribution in [0.1, 0.15) is 24.0 Å². The highest BCUT2D eigenvalue weighted by molar-refractivity contribution is 5.80. The van der Waals surface area contributed by atoms with Crippen LogP contribution in [0.15, 0.2) is 48.5 Å². The van der Waals surface area contributed by atoms with Gasteiger partial charge in [0.2, 0.25) is 0 Å². The van der Waals surface area contributed by atoms with Gasteiger partial charge in [0.15, 0.2) is 0 Å². The Morgan fingerprint density at radius 2 is 1.61 bits per heavy atom. The molecule has 5 nitrogen and oxygen atoms in total. The Labute approximate surface area is 133 Å². The Balaban J connectivity index is 1.84. The fourth-order valence-electron chi connectivity index (χ4n) is 3.13. The third-order valence-corrected chi connectivity index (χ3v) is 4.03. The van der Waals surface area contributed by atoms with E-state index < -0.39 is 24.7 Å². The number of aliphatic carboxylic acids is 1. The van der Waals surface area contributed by atoms with Crippen LogP contribution in [0.2, 0.25) is 0 Å². The highest BCUT2D eigenvalue weighted by Crippen LogP contribution is 2.46. The number of nitrogens with one attached hydrogen (secondary N) is 1. The van der Waals surface area contributed by atoms with Crippen LogP contribution in [-0.4, -0.2) is 29.8 Å². The van der Waals surface area contributed by atoms with Gasteiger partial charge >= 0.3 is 12.1 Å². The van der Waals surface area contributed by atoms with Crippen LogP contribution in [0.25, 0.3) is 11.1 Å². The number of carbonyl (C=O) groups excluding carboxylic acids is 1. The summed E-state index contributed by atoms with van der Waals surface area (Å²) in [6.45, 7) is 1.37. The first-order chi connectivity index (χ1) is 11.1. The highest BCUT2D eigenvalue weighted by atomic mass is 16.6. The van der Waals surface area contributed by atoms with Gasteiger partial charge < -0.3 is 15.2 Å². The van der Waals surface area contributed by atoms with Gasteiger partial charge in [-0.2, -0.15) is 0 Å². The zero-order valence-corrected chi connectivity index (χ0v) is 12.7. The van der Waals surface area contributed by atoms with Crippen molar-refractivity contribution < 1.29 is 19.4 Å². The van der Waals surface area contributed by atoms with Gasteiger partial charge in [0.25, 0.3) is 0 Å². The van der Waals surface area contributed by atoms with Crippen LogP contribution in [-0.2, 0) is 9.53 Å².